The highest BCUT2D eigenvalue weighted by atomic mass is 79.9. The molecule has 1 atom stereocenters. The third kappa shape index (κ3) is 2.71. The second-order valence-electron chi connectivity index (χ2n) is 5.02. The highest BCUT2D eigenvalue weighted by molar-refractivity contribution is 9.10. The number of imidazole rings is 1. The number of rotatable bonds is 3. The van der Waals surface area contributed by atoms with Crippen LogP contribution in [0, 0.1) is 5.82 Å². The first kappa shape index (κ1) is 14.3. The molecule has 0 amide bonds. The molecule has 0 aliphatic carbocycles. The van der Waals surface area contributed by atoms with E-state index >= 15 is 0 Å². The summed E-state index contributed by atoms with van der Waals surface area (Å²) in [4.78, 5) is 4.41. The fourth-order valence-corrected chi connectivity index (χ4v) is 3.17. The van der Waals surface area contributed by atoms with Gasteiger partial charge < -0.3 is 9.30 Å². The van der Waals surface area contributed by atoms with Crippen molar-refractivity contribution in [3.63, 3.8) is 0 Å². The average Bonchev–Trinajstić information content (AvgIpc) is 2.78. The van der Waals surface area contributed by atoms with E-state index in [1.54, 1.807) is 6.07 Å². The Morgan fingerprint density at radius 3 is 3.00 bits per heavy atom. The van der Waals surface area contributed by atoms with Crippen molar-refractivity contribution in [1.29, 1.82) is 0 Å². The van der Waals surface area contributed by atoms with E-state index in [2.05, 4.69) is 20.9 Å². The maximum absolute atomic E-state index is 13.6. The molecular formula is C14H15BrClFN2O. The Balaban J connectivity index is 2.00. The van der Waals surface area contributed by atoms with E-state index in [1.165, 1.54) is 12.5 Å². The number of hydrogen-bond acceptors (Lipinski definition) is 2. The number of nitrogens with zero attached hydrogens (tertiary/aromatic N) is 2. The lowest BCUT2D eigenvalue weighted by Gasteiger charge is -2.23. The zero-order chi connectivity index (χ0) is 14.1. The van der Waals surface area contributed by atoms with Crippen LogP contribution in [-0.2, 0) is 17.2 Å². The predicted molar refractivity (Wildman–Crippen MR) is 80.5 cm³/mol. The van der Waals surface area contributed by atoms with Gasteiger partial charge in [0, 0.05) is 12.7 Å². The number of fused-ring (bicyclic) bond motifs is 1. The lowest BCUT2D eigenvalue weighted by atomic mass is 10.1. The van der Waals surface area contributed by atoms with Crippen molar-refractivity contribution in [2.45, 2.75) is 37.8 Å². The molecule has 1 fully saturated rings. The largest absolute Gasteiger partial charge is 0.376 e. The fraction of sp³-hybridized carbons (Fsp3) is 0.500. The molecule has 0 radical (unpaired) electrons. The minimum atomic E-state index is -0.308. The first-order valence-corrected chi connectivity index (χ1v) is 8.03. The molecule has 2 heterocycles. The standard InChI is InChI=1S/C14H15BrClFN2O/c15-10-5-13-12(6-11(10)17)18-14(7-16)19(13)8-9-3-1-2-4-20-9/h5-6,9H,1-4,7-8H2. The molecule has 0 saturated carbocycles. The van der Waals surface area contributed by atoms with Crippen molar-refractivity contribution in [2.75, 3.05) is 6.61 Å². The zero-order valence-corrected chi connectivity index (χ0v) is 13.3. The predicted octanol–water partition coefficient (Wildman–Crippen LogP) is 4.25. The molecule has 0 spiro atoms. The van der Waals surface area contributed by atoms with Crippen molar-refractivity contribution in [2.24, 2.45) is 0 Å². The first-order chi connectivity index (χ1) is 9.69. The molecule has 108 valence electrons. The molecule has 2 aromatic rings. The van der Waals surface area contributed by atoms with E-state index in [0.29, 0.717) is 15.9 Å². The summed E-state index contributed by atoms with van der Waals surface area (Å²) in [5.41, 5.74) is 1.53. The Morgan fingerprint density at radius 2 is 2.30 bits per heavy atom. The van der Waals surface area contributed by atoms with E-state index in [9.17, 15) is 4.39 Å². The van der Waals surface area contributed by atoms with Crippen molar-refractivity contribution in [3.05, 3.63) is 28.2 Å². The van der Waals surface area contributed by atoms with Crippen LogP contribution in [0.4, 0.5) is 4.39 Å². The molecule has 6 heteroatoms. The van der Waals surface area contributed by atoms with Gasteiger partial charge in [-0.1, -0.05) is 0 Å². The van der Waals surface area contributed by atoms with Crippen LogP contribution in [-0.4, -0.2) is 22.3 Å². The SMILES string of the molecule is Fc1cc2nc(CCl)n(CC3CCCCO3)c2cc1Br. The lowest BCUT2D eigenvalue weighted by Crippen LogP contribution is -2.25. The van der Waals surface area contributed by atoms with Crippen LogP contribution in [0.3, 0.4) is 0 Å². The Morgan fingerprint density at radius 1 is 1.45 bits per heavy atom. The van der Waals surface area contributed by atoms with E-state index in [1.807, 2.05) is 4.57 Å². The summed E-state index contributed by atoms with van der Waals surface area (Å²) in [6, 6.07) is 3.20. The summed E-state index contributed by atoms with van der Waals surface area (Å²) in [5.74, 6) is 0.756. The molecule has 3 nitrogen and oxygen atoms in total. The molecule has 3 rings (SSSR count). The zero-order valence-electron chi connectivity index (χ0n) is 10.9. The molecule has 1 aromatic carbocycles. The Kier molecular flexibility index (Phi) is 4.29. The second-order valence-corrected chi connectivity index (χ2v) is 6.14. The summed E-state index contributed by atoms with van der Waals surface area (Å²) >= 11 is 9.20. The quantitative estimate of drug-likeness (QED) is 0.764. The van der Waals surface area contributed by atoms with Gasteiger partial charge in [-0.25, -0.2) is 9.37 Å². The third-order valence-electron chi connectivity index (χ3n) is 3.65. The van der Waals surface area contributed by atoms with Gasteiger partial charge in [-0.2, -0.15) is 0 Å². The molecule has 1 unspecified atom stereocenters. The van der Waals surface area contributed by atoms with Crippen LogP contribution < -0.4 is 0 Å². The second kappa shape index (κ2) is 6.00. The monoisotopic (exact) mass is 360 g/mol. The highest BCUT2D eigenvalue weighted by Gasteiger charge is 2.19. The van der Waals surface area contributed by atoms with Crippen LogP contribution in [0.25, 0.3) is 11.0 Å². The van der Waals surface area contributed by atoms with E-state index in [-0.39, 0.29) is 11.9 Å². The van der Waals surface area contributed by atoms with Crippen molar-refractivity contribution in [3.8, 4) is 0 Å². The molecule has 20 heavy (non-hydrogen) atoms. The molecule has 1 aliphatic heterocycles. The minimum Gasteiger partial charge on any atom is -0.376 e. The maximum Gasteiger partial charge on any atom is 0.139 e. The van der Waals surface area contributed by atoms with Gasteiger partial charge in [-0.3, -0.25) is 0 Å². The minimum absolute atomic E-state index is 0.187. The fourth-order valence-electron chi connectivity index (χ4n) is 2.63. The van der Waals surface area contributed by atoms with E-state index < -0.39 is 0 Å². The van der Waals surface area contributed by atoms with Gasteiger partial charge in [0.2, 0.25) is 0 Å². The van der Waals surface area contributed by atoms with Gasteiger partial charge in [0.1, 0.15) is 11.6 Å². The van der Waals surface area contributed by atoms with Crippen molar-refractivity contribution < 1.29 is 9.13 Å². The summed E-state index contributed by atoms with van der Waals surface area (Å²) in [6.45, 7) is 1.53. The number of alkyl halides is 1. The maximum atomic E-state index is 13.6. The lowest BCUT2D eigenvalue weighted by molar-refractivity contribution is 0.00627. The molecular weight excluding hydrogens is 347 g/mol. The van der Waals surface area contributed by atoms with Crippen LogP contribution in [0.2, 0.25) is 0 Å². The smallest absolute Gasteiger partial charge is 0.139 e. The number of halogens is 3. The van der Waals surface area contributed by atoms with Crippen LogP contribution in [0.5, 0.6) is 0 Å². The molecule has 0 N–H and O–H groups in total. The van der Waals surface area contributed by atoms with Gasteiger partial charge in [0.25, 0.3) is 0 Å². The summed E-state index contributed by atoms with van der Waals surface area (Å²) in [5, 5.41) is 0. The van der Waals surface area contributed by atoms with Gasteiger partial charge >= 0.3 is 0 Å². The van der Waals surface area contributed by atoms with E-state index in [4.69, 9.17) is 16.3 Å². The summed E-state index contributed by atoms with van der Waals surface area (Å²) < 4.78 is 21.9. The van der Waals surface area contributed by atoms with Crippen LogP contribution in [0.15, 0.2) is 16.6 Å². The third-order valence-corrected chi connectivity index (χ3v) is 4.50. The van der Waals surface area contributed by atoms with Gasteiger partial charge in [0.15, 0.2) is 0 Å². The highest BCUT2D eigenvalue weighted by Crippen LogP contribution is 2.26. The summed E-state index contributed by atoms with van der Waals surface area (Å²) in [7, 11) is 0. The number of benzene rings is 1. The summed E-state index contributed by atoms with van der Waals surface area (Å²) in [6.07, 6.45) is 3.54. The average molecular weight is 362 g/mol. The van der Waals surface area contributed by atoms with Crippen molar-refractivity contribution >= 4 is 38.6 Å². The molecule has 1 saturated heterocycles. The van der Waals surface area contributed by atoms with E-state index in [0.717, 1.165) is 37.3 Å². The van der Waals surface area contributed by atoms with Crippen LogP contribution in [0.1, 0.15) is 25.1 Å². The number of ether oxygens (including phenoxy) is 1. The van der Waals surface area contributed by atoms with Gasteiger partial charge in [-0.15, -0.1) is 11.6 Å². The Labute approximate surface area is 130 Å². The first-order valence-electron chi connectivity index (χ1n) is 6.71. The Hall–Kier alpha value is -0.650. The molecule has 1 aromatic heterocycles. The topological polar surface area (TPSA) is 27.1 Å². The normalized spacial score (nSPS) is 19.6. The van der Waals surface area contributed by atoms with Gasteiger partial charge in [-0.05, 0) is 41.3 Å². The molecule has 1 aliphatic rings. The number of hydrogen-bond donors (Lipinski definition) is 0. The molecule has 0 bridgehead atoms. The van der Waals surface area contributed by atoms with Gasteiger partial charge in [0.05, 0.1) is 34.0 Å². The number of aromatic nitrogens is 2. The van der Waals surface area contributed by atoms with Crippen molar-refractivity contribution in [1.82, 2.24) is 9.55 Å². The Bertz CT molecular complexity index is 625. The van der Waals surface area contributed by atoms with Crippen LogP contribution >= 0.6 is 27.5 Å².